The topological polar surface area (TPSA) is 37.3 Å². The van der Waals surface area contributed by atoms with Gasteiger partial charge in [0.15, 0.2) is 0 Å². The zero-order valence-corrected chi connectivity index (χ0v) is 19.8. The second-order valence-corrected chi connectivity index (χ2v) is 9.77. The van der Waals surface area contributed by atoms with Crippen molar-refractivity contribution < 1.29 is 9.90 Å². The number of benzene rings is 2. The average Bonchev–Trinajstić information content (AvgIpc) is 3.14. The Hall–Kier alpha value is -1.80. The van der Waals surface area contributed by atoms with E-state index in [-0.39, 0.29) is 11.8 Å². The minimum Gasteiger partial charge on any atom is -0.481 e. The van der Waals surface area contributed by atoms with Crippen molar-refractivity contribution in [1.29, 1.82) is 0 Å². The second-order valence-electron chi connectivity index (χ2n) is 9.21. The van der Waals surface area contributed by atoms with Crippen molar-refractivity contribution >= 4 is 17.6 Å². The molecule has 0 bridgehead atoms. The number of unbranched alkanes of at least 4 members (excludes halogenated alkanes) is 3. The molecule has 0 aromatic heterocycles. The predicted octanol–water partition coefficient (Wildman–Crippen LogP) is 7.79. The van der Waals surface area contributed by atoms with Gasteiger partial charge in [-0.05, 0) is 79.2 Å². The molecule has 0 amide bonds. The van der Waals surface area contributed by atoms with Crippen LogP contribution < -0.4 is 0 Å². The molecule has 1 saturated carbocycles. The van der Waals surface area contributed by atoms with Crippen LogP contribution in [0.3, 0.4) is 0 Å². The predicted molar refractivity (Wildman–Crippen MR) is 130 cm³/mol. The summed E-state index contributed by atoms with van der Waals surface area (Å²) in [7, 11) is 0. The summed E-state index contributed by atoms with van der Waals surface area (Å²) in [4.78, 5) is 10.9. The standard InChI is InChI=1S/C28H37ClO2/c1-3-4-5-6-8-21-12-15-22(16-13-21)25-17-18-26(29)28(25)24-14-11-20(2)23(19-24)9-7-10-27(30)31/h11-16,19,25-26,28H,3-10,17-18H2,1-2H3,(H,30,31). The SMILES string of the molecule is CCCCCCc1ccc(C2CCC(Cl)C2c2ccc(C)c(CCCC(=O)O)c2)cc1. The Morgan fingerprint density at radius 2 is 1.71 bits per heavy atom. The first kappa shape index (κ1) is 23.9. The number of alkyl halides is 1. The fourth-order valence-corrected chi connectivity index (χ4v) is 5.50. The number of aryl methyl sites for hydroxylation is 3. The smallest absolute Gasteiger partial charge is 0.303 e. The fourth-order valence-electron chi connectivity index (χ4n) is 5.05. The van der Waals surface area contributed by atoms with Gasteiger partial charge >= 0.3 is 5.97 Å². The Kier molecular flexibility index (Phi) is 9.02. The van der Waals surface area contributed by atoms with E-state index in [4.69, 9.17) is 16.7 Å². The molecule has 1 aliphatic carbocycles. The molecule has 1 aliphatic rings. The lowest BCUT2D eigenvalue weighted by atomic mass is 9.82. The summed E-state index contributed by atoms with van der Waals surface area (Å²) in [5.41, 5.74) is 6.64. The van der Waals surface area contributed by atoms with Crippen LogP contribution in [0.4, 0.5) is 0 Å². The van der Waals surface area contributed by atoms with Crippen LogP contribution in [-0.2, 0) is 17.6 Å². The summed E-state index contributed by atoms with van der Waals surface area (Å²) in [5, 5.41) is 9.10. The van der Waals surface area contributed by atoms with Crippen LogP contribution in [0.5, 0.6) is 0 Å². The molecule has 168 valence electrons. The lowest BCUT2D eigenvalue weighted by Crippen LogP contribution is -2.13. The van der Waals surface area contributed by atoms with Crippen LogP contribution in [0.15, 0.2) is 42.5 Å². The first-order valence-electron chi connectivity index (χ1n) is 12.0. The van der Waals surface area contributed by atoms with Crippen LogP contribution in [-0.4, -0.2) is 16.5 Å². The Labute approximate surface area is 193 Å². The molecule has 3 rings (SSSR count). The molecular weight excluding hydrogens is 404 g/mol. The molecule has 2 aromatic rings. The minimum atomic E-state index is -0.723. The lowest BCUT2D eigenvalue weighted by molar-refractivity contribution is -0.137. The number of carbonyl (C=O) groups is 1. The molecule has 0 saturated heterocycles. The third-order valence-electron chi connectivity index (χ3n) is 6.90. The van der Waals surface area contributed by atoms with Gasteiger partial charge in [0, 0.05) is 17.7 Å². The summed E-state index contributed by atoms with van der Waals surface area (Å²) >= 11 is 6.85. The van der Waals surface area contributed by atoms with E-state index in [2.05, 4.69) is 56.3 Å². The number of carboxylic acids is 1. The van der Waals surface area contributed by atoms with E-state index in [1.54, 1.807) is 0 Å². The highest BCUT2D eigenvalue weighted by Crippen LogP contribution is 2.48. The van der Waals surface area contributed by atoms with Crippen molar-refractivity contribution in [3.8, 4) is 0 Å². The number of hydrogen-bond acceptors (Lipinski definition) is 1. The van der Waals surface area contributed by atoms with Crippen molar-refractivity contribution in [3.63, 3.8) is 0 Å². The molecule has 31 heavy (non-hydrogen) atoms. The molecule has 3 atom stereocenters. The van der Waals surface area contributed by atoms with Crippen LogP contribution in [0.25, 0.3) is 0 Å². The number of hydrogen-bond donors (Lipinski definition) is 1. The third-order valence-corrected chi connectivity index (χ3v) is 7.39. The molecule has 3 heteroatoms. The van der Waals surface area contributed by atoms with E-state index >= 15 is 0 Å². The number of halogens is 1. The van der Waals surface area contributed by atoms with Crippen molar-refractivity contribution in [2.75, 3.05) is 0 Å². The van der Waals surface area contributed by atoms with Crippen LogP contribution in [0.2, 0.25) is 0 Å². The first-order chi connectivity index (χ1) is 15.0. The Balaban J connectivity index is 1.72. The van der Waals surface area contributed by atoms with Gasteiger partial charge in [-0.2, -0.15) is 0 Å². The highest BCUT2D eigenvalue weighted by Gasteiger charge is 2.37. The molecule has 3 unspecified atom stereocenters. The molecule has 1 N–H and O–H groups in total. The van der Waals surface area contributed by atoms with Gasteiger partial charge in [-0.25, -0.2) is 0 Å². The largest absolute Gasteiger partial charge is 0.481 e. The molecule has 2 aromatic carbocycles. The maximum Gasteiger partial charge on any atom is 0.303 e. The maximum absolute atomic E-state index is 10.9. The van der Waals surface area contributed by atoms with Gasteiger partial charge in [0.2, 0.25) is 0 Å². The summed E-state index contributed by atoms with van der Waals surface area (Å²) in [5.74, 6) is 0.0430. The minimum absolute atomic E-state index is 0.147. The zero-order chi connectivity index (χ0) is 22.2. The van der Waals surface area contributed by atoms with E-state index in [9.17, 15) is 4.79 Å². The summed E-state index contributed by atoms with van der Waals surface area (Å²) in [6.07, 6.45) is 10.2. The molecular formula is C28H37ClO2. The lowest BCUT2D eigenvalue weighted by Gasteiger charge is -2.24. The molecule has 0 aliphatic heterocycles. The van der Waals surface area contributed by atoms with E-state index in [1.807, 2.05) is 0 Å². The molecule has 2 nitrogen and oxygen atoms in total. The number of carboxylic acid groups (broad SMARTS) is 1. The van der Waals surface area contributed by atoms with Gasteiger partial charge in [0.25, 0.3) is 0 Å². The molecule has 0 radical (unpaired) electrons. The van der Waals surface area contributed by atoms with Gasteiger partial charge in [-0.1, -0.05) is 68.7 Å². The monoisotopic (exact) mass is 440 g/mol. The van der Waals surface area contributed by atoms with Gasteiger partial charge in [-0.15, -0.1) is 11.6 Å². The van der Waals surface area contributed by atoms with E-state index in [0.29, 0.717) is 18.3 Å². The molecule has 0 heterocycles. The van der Waals surface area contributed by atoms with Crippen molar-refractivity contribution in [2.24, 2.45) is 0 Å². The van der Waals surface area contributed by atoms with Gasteiger partial charge in [0.1, 0.15) is 0 Å². The summed E-state index contributed by atoms with van der Waals surface area (Å²) in [6.45, 7) is 4.37. The zero-order valence-electron chi connectivity index (χ0n) is 19.1. The van der Waals surface area contributed by atoms with Crippen LogP contribution in [0, 0.1) is 6.92 Å². The highest BCUT2D eigenvalue weighted by atomic mass is 35.5. The van der Waals surface area contributed by atoms with Crippen molar-refractivity contribution in [1.82, 2.24) is 0 Å². The van der Waals surface area contributed by atoms with E-state index in [0.717, 1.165) is 19.3 Å². The Bertz CT molecular complexity index is 843. The molecule has 1 fully saturated rings. The van der Waals surface area contributed by atoms with Gasteiger partial charge < -0.3 is 5.11 Å². The van der Waals surface area contributed by atoms with E-state index in [1.165, 1.54) is 59.9 Å². The van der Waals surface area contributed by atoms with Gasteiger partial charge in [0.05, 0.1) is 0 Å². The summed E-state index contributed by atoms with van der Waals surface area (Å²) < 4.78 is 0. The normalized spacial score (nSPS) is 20.8. The van der Waals surface area contributed by atoms with Crippen LogP contribution >= 0.6 is 11.6 Å². The second kappa shape index (κ2) is 11.7. The van der Waals surface area contributed by atoms with Crippen LogP contribution in [0.1, 0.15) is 97.9 Å². The Morgan fingerprint density at radius 1 is 0.968 bits per heavy atom. The first-order valence-corrected chi connectivity index (χ1v) is 12.5. The quantitative estimate of drug-likeness (QED) is 0.286. The highest BCUT2D eigenvalue weighted by molar-refractivity contribution is 6.21. The number of aliphatic carboxylic acids is 1. The van der Waals surface area contributed by atoms with Crippen molar-refractivity contribution in [3.05, 3.63) is 70.3 Å². The summed E-state index contributed by atoms with van der Waals surface area (Å²) in [6, 6.07) is 16.0. The number of rotatable bonds is 11. The maximum atomic E-state index is 10.9. The van der Waals surface area contributed by atoms with Gasteiger partial charge in [-0.3, -0.25) is 4.79 Å². The fraction of sp³-hybridized carbons (Fsp3) is 0.536. The third kappa shape index (κ3) is 6.59. The van der Waals surface area contributed by atoms with Crippen molar-refractivity contribution in [2.45, 2.75) is 95.3 Å². The average molecular weight is 441 g/mol. The van der Waals surface area contributed by atoms with E-state index < -0.39 is 5.97 Å². The Morgan fingerprint density at radius 3 is 2.42 bits per heavy atom. The molecule has 0 spiro atoms.